The molecule has 1 aromatic carbocycles. The number of carbonyl (C=O) groups is 2. The highest BCUT2D eigenvalue weighted by Crippen LogP contribution is 2.25. The smallest absolute Gasteiger partial charge is 0.226 e. The second kappa shape index (κ2) is 6.07. The SMILES string of the molecule is CC(NC(=O)C1CC(=O)N(C(C)C)C1)c1cc2ccccc2o1. The van der Waals surface area contributed by atoms with Crippen LogP contribution in [0, 0.1) is 5.92 Å². The molecule has 2 unspecified atom stereocenters. The Balaban J connectivity index is 1.67. The number of carbonyl (C=O) groups excluding carboxylic acids is 2. The van der Waals surface area contributed by atoms with E-state index in [1.54, 1.807) is 4.90 Å². The lowest BCUT2D eigenvalue weighted by Crippen LogP contribution is -2.36. The van der Waals surface area contributed by atoms with E-state index in [4.69, 9.17) is 4.42 Å². The minimum atomic E-state index is -0.281. The number of nitrogens with zero attached hydrogens (tertiary/aromatic N) is 1. The first kappa shape index (κ1) is 15.6. The van der Waals surface area contributed by atoms with E-state index in [-0.39, 0.29) is 36.2 Å². The van der Waals surface area contributed by atoms with Gasteiger partial charge in [-0.2, -0.15) is 0 Å². The monoisotopic (exact) mass is 314 g/mol. The third kappa shape index (κ3) is 3.09. The average molecular weight is 314 g/mol. The summed E-state index contributed by atoms with van der Waals surface area (Å²) in [6, 6.07) is 9.61. The summed E-state index contributed by atoms with van der Waals surface area (Å²) in [5, 5.41) is 3.99. The van der Waals surface area contributed by atoms with E-state index in [1.165, 1.54) is 0 Å². The molecule has 23 heavy (non-hydrogen) atoms. The molecule has 1 aliphatic rings. The van der Waals surface area contributed by atoms with Gasteiger partial charge in [0.15, 0.2) is 0 Å². The van der Waals surface area contributed by atoms with Crippen molar-refractivity contribution >= 4 is 22.8 Å². The van der Waals surface area contributed by atoms with Crippen molar-refractivity contribution in [2.45, 2.75) is 39.3 Å². The van der Waals surface area contributed by atoms with Gasteiger partial charge in [-0.25, -0.2) is 0 Å². The molecule has 0 spiro atoms. The minimum absolute atomic E-state index is 0.0524. The fraction of sp³-hybridized carbons (Fsp3) is 0.444. The van der Waals surface area contributed by atoms with Gasteiger partial charge in [-0.1, -0.05) is 18.2 Å². The second-order valence-electron chi connectivity index (χ2n) is 6.46. The largest absolute Gasteiger partial charge is 0.459 e. The van der Waals surface area contributed by atoms with Gasteiger partial charge in [0.2, 0.25) is 11.8 Å². The quantitative estimate of drug-likeness (QED) is 0.944. The molecule has 1 aromatic heterocycles. The maximum absolute atomic E-state index is 12.4. The van der Waals surface area contributed by atoms with Crippen molar-refractivity contribution in [3.63, 3.8) is 0 Å². The van der Waals surface area contributed by atoms with Crippen LogP contribution in [-0.4, -0.2) is 29.3 Å². The normalized spacial score (nSPS) is 19.6. The number of amides is 2. The molecule has 0 aliphatic carbocycles. The Kier molecular flexibility index (Phi) is 4.11. The summed E-state index contributed by atoms with van der Waals surface area (Å²) < 4.78 is 5.78. The van der Waals surface area contributed by atoms with Crippen LogP contribution in [0.25, 0.3) is 11.0 Å². The first-order valence-electron chi connectivity index (χ1n) is 8.04. The molecule has 2 aromatic rings. The standard InChI is InChI=1S/C18H22N2O3/c1-11(2)20-10-14(9-17(20)21)18(22)19-12(3)16-8-13-6-4-5-7-15(13)23-16/h4-8,11-12,14H,9-10H2,1-3H3,(H,19,22). The van der Waals surface area contributed by atoms with E-state index in [9.17, 15) is 9.59 Å². The van der Waals surface area contributed by atoms with Gasteiger partial charge in [0.25, 0.3) is 0 Å². The predicted molar refractivity (Wildman–Crippen MR) is 87.7 cm³/mol. The number of rotatable bonds is 4. The van der Waals surface area contributed by atoms with Crippen molar-refractivity contribution in [3.8, 4) is 0 Å². The molecule has 1 N–H and O–H groups in total. The zero-order chi connectivity index (χ0) is 16.6. The first-order chi connectivity index (χ1) is 11.0. The molecule has 0 saturated carbocycles. The van der Waals surface area contributed by atoms with Crippen LogP contribution >= 0.6 is 0 Å². The fourth-order valence-corrected chi connectivity index (χ4v) is 3.02. The van der Waals surface area contributed by atoms with Crippen molar-refractivity contribution in [3.05, 3.63) is 36.1 Å². The summed E-state index contributed by atoms with van der Waals surface area (Å²) >= 11 is 0. The van der Waals surface area contributed by atoms with Gasteiger partial charge in [-0.15, -0.1) is 0 Å². The molecule has 2 atom stereocenters. The van der Waals surface area contributed by atoms with E-state index < -0.39 is 0 Å². The zero-order valence-corrected chi connectivity index (χ0v) is 13.7. The van der Waals surface area contributed by atoms with Crippen LogP contribution in [0.15, 0.2) is 34.7 Å². The van der Waals surface area contributed by atoms with Crippen molar-refractivity contribution in [1.82, 2.24) is 10.2 Å². The van der Waals surface area contributed by atoms with Gasteiger partial charge in [0.1, 0.15) is 11.3 Å². The fourth-order valence-electron chi connectivity index (χ4n) is 3.02. The van der Waals surface area contributed by atoms with Crippen molar-refractivity contribution in [2.24, 2.45) is 5.92 Å². The zero-order valence-electron chi connectivity index (χ0n) is 13.7. The van der Waals surface area contributed by atoms with Crippen LogP contribution in [0.1, 0.15) is 39.0 Å². The van der Waals surface area contributed by atoms with Gasteiger partial charge in [0.05, 0.1) is 12.0 Å². The Morgan fingerprint density at radius 2 is 2.04 bits per heavy atom. The Hall–Kier alpha value is -2.30. The van der Waals surface area contributed by atoms with Gasteiger partial charge in [-0.3, -0.25) is 9.59 Å². The highest BCUT2D eigenvalue weighted by molar-refractivity contribution is 5.89. The van der Waals surface area contributed by atoms with Crippen molar-refractivity contribution in [2.75, 3.05) is 6.54 Å². The number of hydrogen-bond donors (Lipinski definition) is 1. The number of fused-ring (bicyclic) bond motifs is 1. The van der Waals surface area contributed by atoms with Crippen LogP contribution in [0.5, 0.6) is 0 Å². The van der Waals surface area contributed by atoms with Gasteiger partial charge < -0.3 is 14.6 Å². The molecule has 5 heteroatoms. The van der Waals surface area contributed by atoms with E-state index in [0.717, 1.165) is 16.7 Å². The molecule has 122 valence electrons. The van der Waals surface area contributed by atoms with Crippen LogP contribution in [0.2, 0.25) is 0 Å². The minimum Gasteiger partial charge on any atom is -0.459 e. The number of nitrogens with one attached hydrogen (secondary N) is 1. The van der Waals surface area contributed by atoms with Gasteiger partial charge in [-0.05, 0) is 32.9 Å². The number of hydrogen-bond acceptors (Lipinski definition) is 3. The van der Waals surface area contributed by atoms with E-state index in [0.29, 0.717) is 6.54 Å². The highest BCUT2D eigenvalue weighted by atomic mass is 16.3. The molecule has 0 bridgehead atoms. The average Bonchev–Trinajstić information content (AvgIpc) is 3.10. The van der Waals surface area contributed by atoms with Crippen LogP contribution in [0.3, 0.4) is 0 Å². The number of para-hydroxylation sites is 1. The molecule has 3 rings (SSSR count). The molecule has 1 saturated heterocycles. The maximum Gasteiger partial charge on any atom is 0.226 e. The van der Waals surface area contributed by atoms with Crippen molar-refractivity contribution < 1.29 is 14.0 Å². The molecule has 1 fully saturated rings. The predicted octanol–water partition coefficient (Wildman–Crippen LogP) is 2.87. The summed E-state index contributed by atoms with van der Waals surface area (Å²) in [6.45, 7) is 6.33. The Labute approximate surface area is 135 Å². The highest BCUT2D eigenvalue weighted by Gasteiger charge is 2.36. The number of benzene rings is 1. The maximum atomic E-state index is 12.4. The third-order valence-corrected chi connectivity index (χ3v) is 4.38. The van der Waals surface area contributed by atoms with E-state index in [1.807, 2.05) is 51.1 Å². The van der Waals surface area contributed by atoms with Gasteiger partial charge >= 0.3 is 0 Å². The van der Waals surface area contributed by atoms with Gasteiger partial charge in [0, 0.05) is 24.4 Å². The lowest BCUT2D eigenvalue weighted by atomic mass is 10.1. The lowest BCUT2D eigenvalue weighted by molar-refractivity contribution is -0.130. The van der Waals surface area contributed by atoms with E-state index in [2.05, 4.69) is 5.32 Å². The summed E-state index contributed by atoms with van der Waals surface area (Å²) in [5.41, 5.74) is 0.811. The second-order valence-corrected chi connectivity index (χ2v) is 6.46. The topological polar surface area (TPSA) is 62.6 Å². The summed E-state index contributed by atoms with van der Waals surface area (Å²) in [6.07, 6.45) is 0.289. The van der Waals surface area contributed by atoms with Crippen LogP contribution < -0.4 is 5.32 Å². The molecule has 5 nitrogen and oxygen atoms in total. The Bertz CT molecular complexity index is 702. The summed E-state index contributed by atoms with van der Waals surface area (Å²) in [7, 11) is 0. The first-order valence-corrected chi connectivity index (χ1v) is 8.04. The lowest BCUT2D eigenvalue weighted by Gasteiger charge is -2.21. The van der Waals surface area contributed by atoms with Crippen molar-refractivity contribution in [1.29, 1.82) is 0 Å². The summed E-state index contributed by atoms with van der Waals surface area (Å²) in [5.74, 6) is 0.410. The number of furan rings is 1. The third-order valence-electron chi connectivity index (χ3n) is 4.38. The van der Waals surface area contributed by atoms with E-state index >= 15 is 0 Å². The molecule has 2 heterocycles. The Morgan fingerprint density at radius 1 is 1.30 bits per heavy atom. The molecule has 1 aliphatic heterocycles. The molecular weight excluding hydrogens is 292 g/mol. The Morgan fingerprint density at radius 3 is 2.70 bits per heavy atom. The molecule has 0 radical (unpaired) electrons. The number of likely N-dealkylation sites (tertiary alicyclic amines) is 1. The van der Waals surface area contributed by atoms with Crippen LogP contribution in [0.4, 0.5) is 0 Å². The molecular formula is C18H22N2O3. The summed E-state index contributed by atoms with van der Waals surface area (Å²) in [4.78, 5) is 26.1. The molecule has 2 amide bonds. The van der Waals surface area contributed by atoms with Crippen LogP contribution in [-0.2, 0) is 9.59 Å².